The van der Waals surface area contributed by atoms with Crippen LogP contribution in [-0.4, -0.2) is 51.4 Å². The average molecular weight is 1010 g/mol. The fraction of sp³-hybridized carbons (Fsp3) is 0.727. The van der Waals surface area contributed by atoms with E-state index in [1.165, 1.54) is 161 Å². The van der Waals surface area contributed by atoms with Crippen LogP contribution in [0.5, 0.6) is 34.5 Å². The molecule has 0 aliphatic carbocycles. The molecule has 4 aromatic carbocycles. The molecule has 0 spiro atoms. The van der Waals surface area contributed by atoms with Crippen molar-refractivity contribution in [2.75, 3.05) is 46.2 Å². The van der Waals surface area contributed by atoms with Crippen LogP contribution in [0.25, 0.3) is 32.3 Å². The van der Waals surface area contributed by atoms with Crippen LogP contribution in [0.4, 0.5) is 0 Å². The second-order valence-corrected chi connectivity index (χ2v) is 21.3. The maximum absolute atomic E-state index is 9.28. The fourth-order valence-corrected chi connectivity index (χ4v) is 10.1. The summed E-state index contributed by atoms with van der Waals surface area (Å²) in [7, 11) is 0. The standard InChI is InChI=1S/C66H108O7/c1-6-11-16-21-29-36-43-68-61-49-55-56-50-62(69-44-37-30-22-17-12-7-2)64(71-46-39-32-24-19-14-9-4)52-58(56)60-54-66(73-48-41-34-27-26-28-35-42-67)65(72-47-40-33-25-20-15-10-5)53-59(60)57(55)51-63(61)70-45-38-31-23-18-13-8-3/h49-54,67H,6-48H2,1-5H3. The van der Waals surface area contributed by atoms with E-state index in [1.54, 1.807) is 0 Å². The van der Waals surface area contributed by atoms with E-state index in [9.17, 15) is 5.11 Å². The number of aliphatic hydroxyl groups excluding tert-OH is 1. The molecule has 0 atom stereocenters. The SMILES string of the molecule is CCCCCCCCOc1cc2c3cc(OCCCCCCCC)c(OCCCCCCCC)cc3c3cc(OCCCCCCCCO)c(OCCCCCCCC)cc3c2cc1OCCCCCCCC. The predicted octanol–water partition coefficient (Wildman–Crippen LogP) is 20.6. The molecule has 0 bridgehead atoms. The van der Waals surface area contributed by atoms with Gasteiger partial charge in [0, 0.05) is 6.61 Å². The van der Waals surface area contributed by atoms with Crippen molar-refractivity contribution in [2.24, 2.45) is 0 Å². The molecule has 414 valence electrons. The molecule has 73 heavy (non-hydrogen) atoms. The summed E-state index contributed by atoms with van der Waals surface area (Å²) in [5.41, 5.74) is 0. The third-order valence-corrected chi connectivity index (χ3v) is 14.7. The van der Waals surface area contributed by atoms with Gasteiger partial charge in [0.2, 0.25) is 0 Å². The van der Waals surface area contributed by atoms with Gasteiger partial charge in [-0.3, -0.25) is 0 Å². The molecule has 0 unspecified atom stereocenters. The average Bonchev–Trinajstić information content (AvgIpc) is 3.40. The molecule has 0 radical (unpaired) electrons. The van der Waals surface area contributed by atoms with Crippen LogP contribution in [-0.2, 0) is 0 Å². The number of rotatable bonds is 49. The van der Waals surface area contributed by atoms with Crippen LogP contribution >= 0.6 is 0 Å². The first-order valence-electron chi connectivity index (χ1n) is 31.0. The number of ether oxygens (including phenoxy) is 6. The highest BCUT2D eigenvalue weighted by Crippen LogP contribution is 2.47. The van der Waals surface area contributed by atoms with E-state index in [0.29, 0.717) is 39.6 Å². The van der Waals surface area contributed by atoms with Gasteiger partial charge in [-0.1, -0.05) is 221 Å². The Bertz CT molecular complexity index is 1940. The van der Waals surface area contributed by atoms with Gasteiger partial charge in [-0.05, 0) is 114 Å². The highest BCUT2D eigenvalue weighted by molar-refractivity contribution is 6.26. The molecule has 1 N–H and O–H groups in total. The van der Waals surface area contributed by atoms with Crippen molar-refractivity contribution in [1.82, 2.24) is 0 Å². The number of fused-ring (bicyclic) bond motifs is 6. The van der Waals surface area contributed by atoms with E-state index < -0.39 is 0 Å². The molecular weight excluding hydrogens is 905 g/mol. The summed E-state index contributed by atoms with van der Waals surface area (Å²) >= 11 is 0. The molecule has 7 nitrogen and oxygen atoms in total. The highest BCUT2D eigenvalue weighted by Gasteiger charge is 2.21. The number of unbranched alkanes of at least 4 members (excludes halogenated alkanes) is 30. The topological polar surface area (TPSA) is 75.6 Å². The van der Waals surface area contributed by atoms with E-state index in [-0.39, 0.29) is 6.61 Å². The van der Waals surface area contributed by atoms with Gasteiger partial charge in [-0.2, -0.15) is 0 Å². The van der Waals surface area contributed by atoms with Crippen molar-refractivity contribution in [3.8, 4) is 34.5 Å². The highest BCUT2D eigenvalue weighted by atomic mass is 16.5. The first-order valence-corrected chi connectivity index (χ1v) is 31.0. The Kier molecular flexibility index (Phi) is 34.5. The zero-order chi connectivity index (χ0) is 51.8. The number of benzene rings is 4. The van der Waals surface area contributed by atoms with E-state index >= 15 is 0 Å². The Morgan fingerprint density at radius 3 is 0.534 bits per heavy atom. The van der Waals surface area contributed by atoms with Gasteiger partial charge in [0.15, 0.2) is 34.5 Å². The van der Waals surface area contributed by atoms with E-state index in [1.807, 2.05) is 0 Å². The minimum atomic E-state index is 0.276. The van der Waals surface area contributed by atoms with Crippen LogP contribution in [0.2, 0.25) is 0 Å². The lowest BCUT2D eigenvalue weighted by Gasteiger charge is -2.21. The van der Waals surface area contributed by atoms with E-state index in [2.05, 4.69) is 71.0 Å². The minimum Gasteiger partial charge on any atom is -0.490 e. The molecule has 0 aliphatic rings. The Labute approximate surface area is 446 Å². The first kappa shape index (κ1) is 62.0. The summed E-state index contributed by atoms with van der Waals surface area (Å²) in [6, 6.07) is 13.6. The fourth-order valence-electron chi connectivity index (χ4n) is 10.1. The zero-order valence-corrected chi connectivity index (χ0v) is 47.8. The molecule has 0 saturated carbocycles. The lowest BCUT2D eigenvalue weighted by atomic mass is 9.93. The summed E-state index contributed by atoms with van der Waals surface area (Å²) < 4.78 is 40.7. The molecule has 0 heterocycles. The molecule has 7 heteroatoms. The summed E-state index contributed by atoms with van der Waals surface area (Å²) in [5, 5.41) is 16.0. The maximum Gasteiger partial charge on any atom is 0.161 e. The smallest absolute Gasteiger partial charge is 0.161 e. The molecule has 0 aromatic heterocycles. The van der Waals surface area contributed by atoms with Crippen LogP contribution in [0.15, 0.2) is 36.4 Å². The summed E-state index contributed by atoms with van der Waals surface area (Å²) in [6.07, 6.45) is 42.7. The molecule has 4 rings (SSSR count). The Morgan fingerprint density at radius 2 is 0.370 bits per heavy atom. The lowest BCUT2D eigenvalue weighted by Crippen LogP contribution is -2.05. The van der Waals surface area contributed by atoms with E-state index in [4.69, 9.17) is 28.4 Å². The van der Waals surface area contributed by atoms with Crippen molar-refractivity contribution >= 4 is 32.3 Å². The molecule has 0 aliphatic heterocycles. The number of hydrogen-bond donors (Lipinski definition) is 1. The largest absolute Gasteiger partial charge is 0.490 e. The Balaban J connectivity index is 1.87. The molecule has 0 amide bonds. The van der Waals surface area contributed by atoms with Gasteiger partial charge in [0.1, 0.15) is 0 Å². The van der Waals surface area contributed by atoms with Crippen molar-refractivity contribution < 1.29 is 33.5 Å². The minimum absolute atomic E-state index is 0.276. The quantitative estimate of drug-likeness (QED) is 0.0349. The second-order valence-electron chi connectivity index (χ2n) is 21.3. The van der Waals surface area contributed by atoms with Gasteiger partial charge in [0.25, 0.3) is 0 Å². The van der Waals surface area contributed by atoms with Crippen LogP contribution in [0.1, 0.15) is 266 Å². The molecule has 0 fully saturated rings. The van der Waals surface area contributed by atoms with Crippen LogP contribution in [0.3, 0.4) is 0 Å². The summed E-state index contributed by atoms with van der Waals surface area (Å²) in [5.74, 6) is 4.89. The monoisotopic (exact) mass is 1010 g/mol. The maximum atomic E-state index is 9.28. The third-order valence-electron chi connectivity index (χ3n) is 14.7. The van der Waals surface area contributed by atoms with Gasteiger partial charge >= 0.3 is 0 Å². The molecule has 0 saturated heterocycles. The zero-order valence-electron chi connectivity index (χ0n) is 47.8. The number of aliphatic hydroxyl groups is 1. The summed E-state index contributed by atoms with van der Waals surface area (Å²) in [6.45, 7) is 15.6. The number of hydrogen-bond acceptors (Lipinski definition) is 7. The van der Waals surface area contributed by atoms with Crippen molar-refractivity contribution in [1.29, 1.82) is 0 Å². The molecule has 4 aromatic rings. The predicted molar refractivity (Wildman–Crippen MR) is 314 cm³/mol. The Morgan fingerprint density at radius 1 is 0.219 bits per heavy atom. The van der Waals surface area contributed by atoms with Crippen molar-refractivity contribution in [2.45, 2.75) is 266 Å². The first-order chi connectivity index (χ1) is 36.1. The Hall–Kier alpha value is -3.58. The van der Waals surface area contributed by atoms with Crippen molar-refractivity contribution in [3.05, 3.63) is 36.4 Å². The van der Waals surface area contributed by atoms with Crippen molar-refractivity contribution in [3.63, 3.8) is 0 Å². The molecular formula is C66H108O7. The summed E-state index contributed by atoms with van der Waals surface area (Å²) in [4.78, 5) is 0. The van der Waals surface area contributed by atoms with Gasteiger partial charge in [-0.15, -0.1) is 0 Å². The van der Waals surface area contributed by atoms with Crippen LogP contribution < -0.4 is 28.4 Å². The normalized spacial score (nSPS) is 11.6. The third kappa shape index (κ3) is 24.3. The lowest BCUT2D eigenvalue weighted by molar-refractivity contribution is 0.258. The van der Waals surface area contributed by atoms with Gasteiger partial charge in [-0.25, -0.2) is 0 Å². The van der Waals surface area contributed by atoms with Crippen LogP contribution in [0, 0.1) is 0 Å². The van der Waals surface area contributed by atoms with Gasteiger partial charge in [0.05, 0.1) is 39.6 Å². The second kappa shape index (κ2) is 40.7. The van der Waals surface area contributed by atoms with E-state index in [0.717, 1.165) is 137 Å². The van der Waals surface area contributed by atoms with Gasteiger partial charge < -0.3 is 33.5 Å².